The second kappa shape index (κ2) is 11.0. The fourth-order valence-corrected chi connectivity index (χ4v) is 4.24. The number of carbonyl (C=O) groups excluding carboxylic acids is 1. The van der Waals surface area contributed by atoms with Crippen LogP contribution in [0.3, 0.4) is 0 Å². The van der Waals surface area contributed by atoms with Crippen molar-refractivity contribution in [1.29, 1.82) is 0 Å². The first-order valence-corrected chi connectivity index (χ1v) is 12.0. The first-order chi connectivity index (χ1) is 16.6. The molecule has 1 heterocycles. The number of para-hydroxylation sites is 3. The summed E-state index contributed by atoms with van der Waals surface area (Å²) >= 11 is 0. The predicted molar refractivity (Wildman–Crippen MR) is 138 cm³/mol. The Hall–Kier alpha value is -3.60. The van der Waals surface area contributed by atoms with Gasteiger partial charge in [-0.05, 0) is 54.2 Å². The third-order valence-corrected chi connectivity index (χ3v) is 6.45. The lowest BCUT2D eigenvalue weighted by molar-refractivity contribution is 0.0950. The molecule has 1 N–H and O–H groups in total. The third kappa shape index (κ3) is 5.30. The molecule has 0 radical (unpaired) electrons. The Balaban J connectivity index is 1.44. The molecule has 0 aliphatic heterocycles. The molecular weight excluding hydrogens is 422 g/mol. The van der Waals surface area contributed by atoms with Crippen LogP contribution in [-0.2, 0) is 13.0 Å². The normalized spacial score (nSPS) is 12.0. The Morgan fingerprint density at radius 1 is 1.03 bits per heavy atom. The lowest BCUT2D eigenvalue weighted by Crippen LogP contribution is -2.25. The number of hydrogen-bond donors (Lipinski definition) is 1. The molecule has 1 atom stereocenters. The van der Waals surface area contributed by atoms with Crippen LogP contribution in [0.1, 0.15) is 59.9 Å². The van der Waals surface area contributed by atoms with Gasteiger partial charge in [0.25, 0.3) is 5.91 Å². The van der Waals surface area contributed by atoms with Crippen molar-refractivity contribution in [1.82, 2.24) is 14.9 Å². The zero-order valence-electron chi connectivity index (χ0n) is 20.3. The minimum atomic E-state index is -0.118. The number of methoxy groups -OCH3 is 1. The number of amides is 1. The molecule has 0 fully saturated rings. The van der Waals surface area contributed by atoms with E-state index in [9.17, 15) is 4.79 Å². The fourth-order valence-electron chi connectivity index (χ4n) is 4.24. The molecular formula is C29H33N3O2. The van der Waals surface area contributed by atoms with Crippen molar-refractivity contribution in [2.24, 2.45) is 0 Å². The van der Waals surface area contributed by atoms with E-state index in [1.54, 1.807) is 19.2 Å². The zero-order valence-corrected chi connectivity index (χ0v) is 20.3. The lowest BCUT2D eigenvalue weighted by Gasteiger charge is -2.13. The van der Waals surface area contributed by atoms with Crippen LogP contribution in [0, 0.1) is 0 Å². The van der Waals surface area contributed by atoms with Crippen LogP contribution >= 0.6 is 0 Å². The van der Waals surface area contributed by atoms with Gasteiger partial charge in [0.1, 0.15) is 11.6 Å². The van der Waals surface area contributed by atoms with Gasteiger partial charge < -0.3 is 14.6 Å². The van der Waals surface area contributed by atoms with E-state index in [-0.39, 0.29) is 5.91 Å². The number of hydrogen-bond acceptors (Lipinski definition) is 3. The molecule has 5 nitrogen and oxygen atoms in total. The van der Waals surface area contributed by atoms with Gasteiger partial charge in [0.05, 0.1) is 23.7 Å². The van der Waals surface area contributed by atoms with E-state index in [4.69, 9.17) is 9.72 Å². The average molecular weight is 456 g/mol. The SMILES string of the molecule is CCC(C)c1ccc(Cn2c(CCCNC(=O)c3ccccc3OC)nc3ccccc32)cc1. The van der Waals surface area contributed by atoms with Crippen LogP contribution in [0.15, 0.2) is 72.8 Å². The first kappa shape index (κ1) is 23.6. The highest BCUT2D eigenvalue weighted by molar-refractivity contribution is 5.96. The molecule has 4 rings (SSSR count). The molecule has 1 unspecified atom stereocenters. The minimum absolute atomic E-state index is 0.118. The van der Waals surface area contributed by atoms with Gasteiger partial charge in [-0.15, -0.1) is 0 Å². The number of ether oxygens (including phenoxy) is 1. The summed E-state index contributed by atoms with van der Waals surface area (Å²) in [6, 6.07) is 24.5. The van der Waals surface area contributed by atoms with Crippen molar-refractivity contribution < 1.29 is 9.53 Å². The van der Waals surface area contributed by atoms with Crippen molar-refractivity contribution >= 4 is 16.9 Å². The van der Waals surface area contributed by atoms with Crippen LogP contribution in [0.25, 0.3) is 11.0 Å². The number of carbonyl (C=O) groups is 1. The molecule has 1 amide bonds. The second-order valence-electron chi connectivity index (χ2n) is 8.71. The van der Waals surface area contributed by atoms with Crippen LogP contribution in [-0.4, -0.2) is 29.1 Å². The Labute approximate surface area is 201 Å². The lowest BCUT2D eigenvalue weighted by atomic mass is 9.97. The molecule has 0 aliphatic rings. The van der Waals surface area contributed by atoms with E-state index in [0.717, 1.165) is 42.7 Å². The Morgan fingerprint density at radius 2 is 1.76 bits per heavy atom. The number of nitrogens with one attached hydrogen (secondary N) is 1. The molecule has 3 aromatic carbocycles. The summed E-state index contributed by atoms with van der Waals surface area (Å²) in [5, 5.41) is 3.01. The fraction of sp³-hybridized carbons (Fsp3) is 0.310. The van der Waals surface area contributed by atoms with E-state index in [0.29, 0.717) is 23.8 Å². The number of rotatable bonds is 10. The molecule has 5 heteroatoms. The molecule has 0 aliphatic carbocycles. The van der Waals surface area contributed by atoms with Crippen molar-refractivity contribution in [2.45, 2.75) is 45.6 Å². The number of fused-ring (bicyclic) bond motifs is 1. The van der Waals surface area contributed by atoms with Crippen molar-refractivity contribution in [2.75, 3.05) is 13.7 Å². The summed E-state index contributed by atoms with van der Waals surface area (Å²) < 4.78 is 7.60. The van der Waals surface area contributed by atoms with E-state index in [2.05, 4.69) is 66.2 Å². The maximum absolute atomic E-state index is 12.6. The van der Waals surface area contributed by atoms with E-state index in [1.165, 1.54) is 11.1 Å². The second-order valence-corrected chi connectivity index (χ2v) is 8.71. The maximum atomic E-state index is 12.6. The summed E-state index contributed by atoms with van der Waals surface area (Å²) in [6.45, 7) is 5.85. The minimum Gasteiger partial charge on any atom is -0.496 e. The van der Waals surface area contributed by atoms with Crippen LogP contribution in [0.5, 0.6) is 5.75 Å². The Morgan fingerprint density at radius 3 is 2.53 bits per heavy atom. The summed E-state index contributed by atoms with van der Waals surface area (Å²) in [5.41, 5.74) is 5.35. The van der Waals surface area contributed by atoms with Crippen molar-refractivity contribution in [3.05, 3.63) is 95.3 Å². The number of imidazole rings is 1. The van der Waals surface area contributed by atoms with Gasteiger partial charge in [-0.2, -0.15) is 0 Å². The van der Waals surface area contributed by atoms with E-state index < -0.39 is 0 Å². The number of benzene rings is 3. The monoisotopic (exact) mass is 455 g/mol. The van der Waals surface area contributed by atoms with Crippen LogP contribution in [0.2, 0.25) is 0 Å². The highest BCUT2D eigenvalue weighted by atomic mass is 16.5. The van der Waals surface area contributed by atoms with E-state index >= 15 is 0 Å². The van der Waals surface area contributed by atoms with Crippen molar-refractivity contribution in [3.8, 4) is 5.75 Å². The van der Waals surface area contributed by atoms with Gasteiger partial charge in [0.2, 0.25) is 0 Å². The highest BCUT2D eigenvalue weighted by Gasteiger charge is 2.13. The summed E-state index contributed by atoms with van der Waals surface area (Å²) in [4.78, 5) is 17.5. The largest absolute Gasteiger partial charge is 0.496 e. The zero-order chi connectivity index (χ0) is 23.9. The van der Waals surface area contributed by atoms with E-state index in [1.807, 2.05) is 18.2 Å². The number of nitrogens with zero attached hydrogens (tertiary/aromatic N) is 2. The van der Waals surface area contributed by atoms with Gasteiger partial charge in [0.15, 0.2) is 0 Å². The van der Waals surface area contributed by atoms with Gasteiger partial charge in [-0.25, -0.2) is 4.98 Å². The van der Waals surface area contributed by atoms with Crippen molar-refractivity contribution in [3.63, 3.8) is 0 Å². The summed E-state index contributed by atoms with van der Waals surface area (Å²) in [5.74, 6) is 2.08. The molecule has 0 saturated carbocycles. The Bertz CT molecular complexity index is 1240. The molecule has 176 valence electrons. The smallest absolute Gasteiger partial charge is 0.255 e. The van der Waals surface area contributed by atoms with Crippen LogP contribution < -0.4 is 10.1 Å². The van der Waals surface area contributed by atoms with Gasteiger partial charge in [0, 0.05) is 19.5 Å². The average Bonchev–Trinajstić information content (AvgIpc) is 3.23. The Kier molecular flexibility index (Phi) is 7.63. The topological polar surface area (TPSA) is 56.2 Å². The first-order valence-electron chi connectivity index (χ1n) is 12.0. The highest BCUT2D eigenvalue weighted by Crippen LogP contribution is 2.22. The number of aromatic nitrogens is 2. The van der Waals surface area contributed by atoms with Gasteiger partial charge >= 0.3 is 0 Å². The summed E-state index contributed by atoms with van der Waals surface area (Å²) in [6.07, 6.45) is 2.73. The third-order valence-electron chi connectivity index (χ3n) is 6.45. The molecule has 0 bridgehead atoms. The quantitative estimate of drug-likeness (QED) is 0.300. The van der Waals surface area contributed by atoms with Crippen LogP contribution in [0.4, 0.5) is 0 Å². The summed E-state index contributed by atoms with van der Waals surface area (Å²) in [7, 11) is 1.58. The van der Waals surface area contributed by atoms with Gasteiger partial charge in [-0.3, -0.25) is 4.79 Å². The molecule has 1 aromatic heterocycles. The predicted octanol–water partition coefficient (Wildman–Crippen LogP) is 5.97. The standard InChI is InChI=1S/C29H33N3O2/c1-4-21(2)23-17-15-22(16-18-23)20-32-26-12-7-6-11-25(26)31-28(32)14-9-19-30-29(33)24-10-5-8-13-27(24)34-3/h5-8,10-13,15-18,21H,4,9,14,19-20H2,1-3H3,(H,30,33). The van der Waals surface area contributed by atoms with Gasteiger partial charge in [-0.1, -0.05) is 62.4 Å². The molecule has 0 spiro atoms. The molecule has 34 heavy (non-hydrogen) atoms. The number of aryl methyl sites for hydroxylation is 1. The maximum Gasteiger partial charge on any atom is 0.255 e. The molecule has 4 aromatic rings. The molecule has 0 saturated heterocycles.